The van der Waals surface area contributed by atoms with E-state index in [4.69, 9.17) is 0 Å². The van der Waals surface area contributed by atoms with Gasteiger partial charge < -0.3 is 10.6 Å². The molecule has 3 rings (SSSR count). The number of aromatic amines is 1. The third-order valence-corrected chi connectivity index (χ3v) is 3.59. The summed E-state index contributed by atoms with van der Waals surface area (Å²) in [5.41, 5.74) is 1.33. The van der Waals surface area contributed by atoms with Gasteiger partial charge in [-0.25, -0.2) is 4.98 Å². The highest BCUT2D eigenvalue weighted by molar-refractivity contribution is 6.39. The highest BCUT2D eigenvalue weighted by Crippen LogP contribution is 2.38. The van der Waals surface area contributed by atoms with Crippen molar-refractivity contribution in [2.75, 3.05) is 11.9 Å². The third-order valence-electron chi connectivity index (χ3n) is 3.59. The lowest BCUT2D eigenvalue weighted by Gasteiger charge is -2.06. The predicted molar refractivity (Wildman–Crippen MR) is 85.7 cm³/mol. The Morgan fingerprint density at radius 1 is 1.30 bits per heavy atom. The lowest BCUT2D eigenvalue weighted by Crippen LogP contribution is -2.35. The van der Waals surface area contributed by atoms with Gasteiger partial charge in [-0.2, -0.15) is 5.10 Å². The average molecular weight is 313 g/mol. The van der Waals surface area contributed by atoms with Crippen LogP contribution in [0.15, 0.2) is 24.3 Å². The van der Waals surface area contributed by atoms with E-state index in [1.807, 2.05) is 13.0 Å². The number of rotatable bonds is 5. The number of benzene rings is 1. The normalized spacial score (nSPS) is 13.6. The molecule has 1 aliphatic rings. The van der Waals surface area contributed by atoms with Crippen LogP contribution in [0.3, 0.4) is 0 Å². The molecule has 1 aromatic carbocycles. The van der Waals surface area contributed by atoms with E-state index in [0.717, 1.165) is 30.7 Å². The fourth-order valence-electron chi connectivity index (χ4n) is 2.19. The van der Waals surface area contributed by atoms with E-state index in [1.54, 1.807) is 18.2 Å². The third kappa shape index (κ3) is 3.74. The Labute approximate surface area is 133 Å². The van der Waals surface area contributed by atoms with Crippen LogP contribution < -0.4 is 10.6 Å². The van der Waals surface area contributed by atoms with E-state index in [1.165, 1.54) is 0 Å². The first-order valence-corrected chi connectivity index (χ1v) is 7.79. The maximum absolute atomic E-state index is 11.8. The molecule has 0 saturated heterocycles. The van der Waals surface area contributed by atoms with Crippen LogP contribution >= 0.6 is 0 Å². The van der Waals surface area contributed by atoms with Crippen LogP contribution in [0, 0.1) is 0 Å². The van der Waals surface area contributed by atoms with Gasteiger partial charge in [0.25, 0.3) is 0 Å². The lowest BCUT2D eigenvalue weighted by molar-refractivity contribution is -0.136. The van der Waals surface area contributed by atoms with Crippen LogP contribution in [-0.2, 0) is 9.59 Å². The maximum Gasteiger partial charge on any atom is 0.313 e. The van der Waals surface area contributed by atoms with Gasteiger partial charge in [0.05, 0.1) is 0 Å². The van der Waals surface area contributed by atoms with E-state index in [2.05, 4.69) is 25.8 Å². The van der Waals surface area contributed by atoms with Crippen LogP contribution in [0.1, 0.15) is 37.9 Å². The van der Waals surface area contributed by atoms with Crippen LogP contribution in [0.5, 0.6) is 0 Å². The summed E-state index contributed by atoms with van der Waals surface area (Å²) >= 11 is 0. The number of amides is 2. The molecule has 0 aliphatic heterocycles. The number of nitrogens with zero attached hydrogens (tertiary/aromatic N) is 2. The first-order valence-electron chi connectivity index (χ1n) is 7.79. The second-order valence-corrected chi connectivity index (χ2v) is 5.61. The van der Waals surface area contributed by atoms with E-state index in [-0.39, 0.29) is 0 Å². The van der Waals surface area contributed by atoms with E-state index in [0.29, 0.717) is 24.0 Å². The molecular weight excluding hydrogens is 294 g/mol. The highest BCUT2D eigenvalue weighted by atomic mass is 16.2. The number of hydrogen-bond donors (Lipinski definition) is 3. The fraction of sp³-hybridized carbons (Fsp3) is 0.375. The van der Waals surface area contributed by atoms with Crippen molar-refractivity contribution in [3.8, 4) is 11.4 Å². The Kier molecular flexibility index (Phi) is 4.36. The quantitative estimate of drug-likeness (QED) is 0.733. The Morgan fingerprint density at radius 2 is 2.13 bits per heavy atom. The first-order chi connectivity index (χ1) is 11.2. The Morgan fingerprint density at radius 3 is 2.87 bits per heavy atom. The molecule has 1 aliphatic carbocycles. The number of carbonyl (C=O) groups excluding carboxylic acids is 2. The zero-order chi connectivity index (χ0) is 16.2. The smallest absolute Gasteiger partial charge is 0.313 e. The molecule has 23 heavy (non-hydrogen) atoms. The summed E-state index contributed by atoms with van der Waals surface area (Å²) in [6.45, 7) is 2.40. The highest BCUT2D eigenvalue weighted by Gasteiger charge is 2.27. The minimum absolute atomic E-state index is 0.480. The molecule has 1 fully saturated rings. The van der Waals surface area contributed by atoms with Gasteiger partial charge in [0, 0.05) is 23.7 Å². The van der Waals surface area contributed by atoms with Gasteiger partial charge in [0.2, 0.25) is 0 Å². The van der Waals surface area contributed by atoms with Gasteiger partial charge in [0.15, 0.2) is 5.82 Å². The Bertz CT molecular complexity index is 721. The van der Waals surface area contributed by atoms with Crippen molar-refractivity contribution in [3.05, 3.63) is 30.1 Å². The summed E-state index contributed by atoms with van der Waals surface area (Å²) in [5, 5.41) is 12.3. The lowest BCUT2D eigenvalue weighted by atomic mass is 10.2. The van der Waals surface area contributed by atoms with Gasteiger partial charge in [-0.15, -0.1) is 0 Å². The van der Waals surface area contributed by atoms with Crippen LogP contribution in [0.25, 0.3) is 11.4 Å². The standard InChI is InChI=1S/C16H19N5O2/c1-2-8-17-15(22)16(23)18-12-5-3-4-11(9-12)14-19-13(20-21-14)10-6-7-10/h3-5,9-10H,2,6-8H2,1H3,(H,17,22)(H,18,23)(H,19,20,21). The summed E-state index contributed by atoms with van der Waals surface area (Å²) in [4.78, 5) is 27.9. The monoisotopic (exact) mass is 313 g/mol. The van der Waals surface area contributed by atoms with E-state index < -0.39 is 11.8 Å². The maximum atomic E-state index is 11.8. The van der Waals surface area contributed by atoms with Gasteiger partial charge in [-0.3, -0.25) is 14.7 Å². The van der Waals surface area contributed by atoms with E-state index >= 15 is 0 Å². The molecule has 120 valence electrons. The molecule has 1 heterocycles. The van der Waals surface area contributed by atoms with Gasteiger partial charge in [-0.05, 0) is 31.4 Å². The van der Waals surface area contributed by atoms with Gasteiger partial charge in [-0.1, -0.05) is 19.1 Å². The summed E-state index contributed by atoms with van der Waals surface area (Å²) in [6.07, 6.45) is 3.08. The molecule has 2 aromatic rings. The first kappa shape index (κ1) is 15.2. The zero-order valence-corrected chi connectivity index (χ0v) is 12.9. The molecule has 7 heteroatoms. The second kappa shape index (κ2) is 6.60. The van der Waals surface area contributed by atoms with Crippen molar-refractivity contribution in [1.29, 1.82) is 0 Å². The summed E-state index contributed by atoms with van der Waals surface area (Å²) < 4.78 is 0. The molecule has 7 nitrogen and oxygen atoms in total. The zero-order valence-electron chi connectivity index (χ0n) is 12.9. The molecule has 0 unspecified atom stereocenters. The van der Waals surface area contributed by atoms with Crippen molar-refractivity contribution >= 4 is 17.5 Å². The number of hydrogen-bond acceptors (Lipinski definition) is 4. The molecule has 0 radical (unpaired) electrons. The van der Waals surface area contributed by atoms with Gasteiger partial charge >= 0.3 is 11.8 Å². The van der Waals surface area contributed by atoms with Crippen LogP contribution in [0.4, 0.5) is 5.69 Å². The van der Waals surface area contributed by atoms with Crippen molar-refractivity contribution in [3.63, 3.8) is 0 Å². The second-order valence-electron chi connectivity index (χ2n) is 5.61. The summed E-state index contributed by atoms with van der Waals surface area (Å²) in [7, 11) is 0. The molecule has 3 N–H and O–H groups in total. The molecule has 0 spiro atoms. The molecule has 1 saturated carbocycles. The molecular formula is C16H19N5O2. The number of H-pyrrole nitrogens is 1. The SMILES string of the molecule is CCCNC(=O)C(=O)Nc1cccc(-c2n[nH]c(C3CC3)n2)c1. The number of aromatic nitrogens is 3. The Hall–Kier alpha value is -2.70. The van der Waals surface area contributed by atoms with Crippen molar-refractivity contribution < 1.29 is 9.59 Å². The number of carbonyl (C=O) groups is 2. The fourth-order valence-corrected chi connectivity index (χ4v) is 2.19. The predicted octanol–water partition coefficient (Wildman–Crippen LogP) is 1.81. The van der Waals surface area contributed by atoms with Gasteiger partial charge in [0.1, 0.15) is 5.82 Å². The Balaban J connectivity index is 1.69. The minimum Gasteiger partial charge on any atom is -0.348 e. The summed E-state index contributed by atoms with van der Waals surface area (Å²) in [6, 6.07) is 7.14. The van der Waals surface area contributed by atoms with Crippen LogP contribution in [0.2, 0.25) is 0 Å². The largest absolute Gasteiger partial charge is 0.348 e. The van der Waals surface area contributed by atoms with E-state index in [9.17, 15) is 9.59 Å². The van der Waals surface area contributed by atoms with Crippen molar-refractivity contribution in [1.82, 2.24) is 20.5 Å². The molecule has 0 bridgehead atoms. The number of nitrogens with one attached hydrogen (secondary N) is 3. The topological polar surface area (TPSA) is 99.8 Å². The minimum atomic E-state index is -0.677. The van der Waals surface area contributed by atoms with Crippen LogP contribution in [-0.4, -0.2) is 33.5 Å². The summed E-state index contributed by atoms with van der Waals surface area (Å²) in [5.74, 6) is 0.698. The molecule has 0 atom stereocenters. The van der Waals surface area contributed by atoms with Crippen molar-refractivity contribution in [2.24, 2.45) is 0 Å². The average Bonchev–Trinajstić information content (AvgIpc) is 3.30. The molecule has 2 amide bonds. The molecule has 1 aromatic heterocycles. The number of anilines is 1. The van der Waals surface area contributed by atoms with Crippen molar-refractivity contribution in [2.45, 2.75) is 32.1 Å².